The summed E-state index contributed by atoms with van der Waals surface area (Å²) < 4.78 is 35.1. The molecule has 0 amide bonds. The maximum Gasteiger partial charge on any atom is 0.356 e. The van der Waals surface area contributed by atoms with Crippen molar-refractivity contribution in [1.29, 1.82) is 0 Å². The lowest BCUT2D eigenvalue weighted by Gasteiger charge is -2.32. The highest BCUT2D eigenvalue weighted by atomic mass is 31.2. The van der Waals surface area contributed by atoms with Crippen LogP contribution in [0.25, 0.3) is 0 Å². The van der Waals surface area contributed by atoms with Gasteiger partial charge in [-0.2, -0.15) is 0 Å². The lowest BCUT2D eigenvalue weighted by molar-refractivity contribution is -0.0147. The monoisotopic (exact) mass is 314 g/mol. The van der Waals surface area contributed by atoms with Gasteiger partial charge >= 0.3 is 7.60 Å². The summed E-state index contributed by atoms with van der Waals surface area (Å²) in [7, 11) is -2.61. The fourth-order valence-electron chi connectivity index (χ4n) is 1.39. The van der Waals surface area contributed by atoms with E-state index in [2.05, 4.69) is 0 Å². The van der Waals surface area contributed by atoms with Gasteiger partial charge in [0, 0.05) is 6.61 Å². The first-order valence-corrected chi connectivity index (χ1v) is 8.30. The molecule has 3 N–H and O–H groups in total. The molecule has 0 fully saturated rings. The van der Waals surface area contributed by atoms with Crippen LogP contribution >= 0.6 is 7.60 Å². The Morgan fingerprint density at radius 1 is 1.50 bits per heavy atom. The summed E-state index contributed by atoms with van der Waals surface area (Å²) in [5.74, 6) is -1.47. The van der Waals surface area contributed by atoms with Gasteiger partial charge in [-0.3, -0.25) is 4.57 Å². The Labute approximate surface area is 120 Å². The van der Waals surface area contributed by atoms with Crippen LogP contribution in [0.3, 0.4) is 0 Å². The molecule has 9 heteroatoms. The predicted molar refractivity (Wildman–Crippen MR) is 76.2 cm³/mol. The van der Waals surface area contributed by atoms with E-state index in [1.54, 1.807) is 13.8 Å². The molecule has 0 aromatic heterocycles. The normalized spacial score (nSPS) is 22.6. The van der Waals surface area contributed by atoms with Crippen molar-refractivity contribution in [2.75, 3.05) is 13.2 Å². The Morgan fingerprint density at radius 3 is 2.45 bits per heavy atom. The van der Waals surface area contributed by atoms with Gasteiger partial charge in [0.25, 0.3) is 0 Å². The summed E-state index contributed by atoms with van der Waals surface area (Å²) in [4.78, 5) is 9.54. The number of aliphatic hydroxyl groups is 2. The van der Waals surface area contributed by atoms with E-state index in [4.69, 9.17) is 14.4 Å². The first-order chi connectivity index (χ1) is 9.08. The highest BCUT2D eigenvalue weighted by Crippen LogP contribution is 2.51. The second-order valence-corrected chi connectivity index (χ2v) is 7.17. The van der Waals surface area contributed by atoms with Crippen LogP contribution in [0.15, 0.2) is 0 Å². The molecule has 0 rings (SSSR count). The van der Waals surface area contributed by atoms with E-state index in [0.717, 1.165) is 0 Å². The zero-order chi connectivity index (χ0) is 16.0. The molecule has 0 saturated heterocycles. The van der Waals surface area contributed by atoms with E-state index in [9.17, 15) is 19.0 Å². The minimum atomic E-state index is -4.11. The van der Waals surface area contributed by atoms with E-state index in [1.165, 1.54) is 14.8 Å². The first-order valence-electron chi connectivity index (χ1n) is 6.65. The molecule has 0 aromatic carbocycles. The van der Waals surface area contributed by atoms with Crippen molar-refractivity contribution in [1.82, 2.24) is 0 Å². The first kappa shape index (κ1) is 20.0. The second kappa shape index (κ2) is 8.46. The molecule has 0 radical (unpaired) electrons. The SMILES string of the molecule is B[C@H](OCCC(C)(CC)OP(=O)(O)C(C)O)[C@H](F)CO. The molecule has 0 bridgehead atoms. The maximum atomic E-state index is 13.1. The van der Waals surface area contributed by atoms with Gasteiger partial charge in [-0.05, 0) is 26.7 Å². The molecule has 0 saturated carbocycles. The van der Waals surface area contributed by atoms with E-state index in [-0.39, 0.29) is 13.0 Å². The van der Waals surface area contributed by atoms with Gasteiger partial charge in [-0.15, -0.1) is 0 Å². The fraction of sp³-hybridized carbons (Fsp3) is 1.00. The molecule has 0 spiro atoms. The Hall–Kier alpha value is 0.0249. The van der Waals surface area contributed by atoms with Crippen molar-refractivity contribution < 1.29 is 33.3 Å². The van der Waals surface area contributed by atoms with Crippen molar-refractivity contribution in [2.24, 2.45) is 0 Å². The number of ether oxygens (including phenoxy) is 1. The lowest BCUT2D eigenvalue weighted by atomic mass is 9.95. The Kier molecular flexibility index (Phi) is 8.47. The average molecular weight is 314 g/mol. The smallest absolute Gasteiger partial charge is 0.356 e. The lowest BCUT2D eigenvalue weighted by Crippen LogP contribution is -2.33. The summed E-state index contributed by atoms with van der Waals surface area (Å²) >= 11 is 0. The summed E-state index contributed by atoms with van der Waals surface area (Å²) in [5, 5.41) is 17.9. The number of hydrogen-bond acceptors (Lipinski definition) is 5. The van der Waals surface area contributed by atoms with Crippen LogP contribution < -0.4 is 0 Å². The van der Waals surface area contributed by atoms with Crippen LogP contribution in [0.1, 0.15) is 33.6 Å². The third kappa shape index (κ3) is 6.65. The molecule has 6 nitrogen and oxygen atoms in total. The summed E-state index contributed by atoms with van der Waals surface area (Å²) in [6.45, 7) is 4.09. The van der Waals surface area contributed by atoms with E-state index in [1.807, 2.05) is 0 Å². The Morgan fingerprint density at radius 2 is 2.05 bits per heavy atom. The number of hydrogen-bond donors (Lipinski definition) is 3. The molecule has 0 aliphatic rings. The van der Waals surface area contributed by atoms with Gasteiger partial charge in [0.15, 0.2) is 5.85 Å². The minimum absolute atomic E-state index is 0.117. The number of aliphatic hydroxyl groups excluding tert-OH is 2. The second-order valence-electron chi connectivity index (χ2n) is 5.12. The van der Waals surface area contributed by atoms with Crippen LogP contribution in [0, 0.1) is 0 Å². The van der Waals surface area contributed by atoms with Gasteiger partial charge in [-0.1, -0.05) is 6.92 Å². The molecule has 5 atom stereocenters. The topological polar surface area (TPSA) is 96.2 Å². The maximum absolute atomic E-state index is 13.1. The van der Waals surface area contributed by atoms with E-state index < -0.39 is 37.8 Å². The zero-order valence-corrected chi connectivity index (χ0v) is 13.3. The minimum Gasteiger partial charge on any atom is -0.393 e. The highest BCUT2D eigenvalue weighted by molar-refractivity contribution is 7.53. The summed E-state index contributed by atoms with van der Waals surface area (Å²) in [6, 6.07) is -0.765. The van der Waals surface area contributed by atoms with E-state index in [0.29, 0.717) is 6.42 Å². The molecular formula is C11H25BFO6P. The molecule has 20 heavy (non-hydrogen) atoms. The van der Waals surface area contributed by atoms with Crippen molar-refractivity contribution in [3.63, 3.8) is 0 Å². The molecule has 3 unspecified atom stereocenters. The van der Waals surface area contributed by atoms with E-state index >= 15 is 0 Å². The quantitative estimate of drug-likeness (QED) is 0.399. The average Bonchev–Trinajstić information content (AvgIpc) is 2.36. The van der Waals surface area contributed by atoms with Gasteiger partial charge in [0.05, 0.1) is 18.2 Å². The molecule has 0 aliphatic carbocycles. The molecular weight excluding hydrogens is 289 g/mol. The van der Waals surface area contributed by atoms with Crippen LogP contribution in [0.2, 0.25) is 0 Å². The van der Waals surface area contributed by atoms with Gasteiger partial charge in [0.2, 0.25) is 0 Å². The third-order valence-electron chi connectivity index (χ3n) is 3.27. The van der Waals surface area contributed by atoms with Gasteiger partial charge < -0.3 is 24.4 Å². The molecule has 0 aliphatic heterocycles. The van der Waals surface area contributed by atoms with Crippen LogP contribution in [-0.2, 0) is 13.8 Å². The summed E-state index contributed by atoms with van der Waals surface area (Å²) in [5.41, 5.74) is -0.952. The van der Waals surface area contributed by atoms with Crippen LogP contribution in [0.5, 0.6) is 0 Å². The number of alkyl halides is 1. The molecule has 0 aromatic rings. The van der Waals surface area contributed by atoms with Gasteiger partial charge in [-0.25, -0.2) is 4.39 Å². The number of rotatable bonds is 10. The van der Waals surface area contributed by atoms with Crippen molar-refractivity contribution in [3.05, 3.63) is 0 Å². The standard InChI is InChI=1S/C11H25BFO6P/c1-4-11(3,19-20(16,17)8(2)15)5-6-18-10(12)9(13)7-14/h8-10,14-15H,4-7,12H2,1-3H3,(H,16,17)/t8?,9-,10-,11?/m1/s1. The molecule has 120 valence electrons. The Balaban J connectivity index is 4.43. The van der Waals surface area contributed by atoms with Crippen molar-refractivity contribution in [3.8, 4) is 0 Å². The highest BCUT2D eigenvalue weighted by Gasteiger charge is 2.36. The molecule has 0 heterocycles. The van der Waals surface area contributed by atoms with Crippen molar-refractivity contribution in [2.45, 2.75) is 57.2 Å². The van der Waals surface area contributed by atoms with Gasteiger partial charge in [0.1, 0.15) is 14.0 Å². The predicted octanol–water partition coefficient (Wildman–Crippen LogP) is 0.392. The van der Waals surface area contributed by atoms with Crippen molar-refractivity contribution >= 4 is 15.4 Å². The Bertz CT molecular complexity index is 332. The van der Waals surface area contributed by atoms with Crippen LogP contribution in [-0.4, -0.2) is 59.8 Å². The third-order valence-corrected chi connectivity index (χ3v) is 4.91. The summed E-state index contributed by atoms with van der Waals surface area (Å²) in [6.07, 6.45) is -0.769. The fourth-order valence-corrected chi connectivity index (χ4v) is 2.40. The zero-order valence-electron chi connectivity index (χ0n) is 12.5. The van der Waals surface area contributed by atoms with Crippen LogP contribution in [0.4, 0.5) is 4.39 Å². The largest absolute Gasteiger partial charge is 0.393 e. The number of halogens is 1.